The molecule has 3 aromatic rings. The number of hydrogen-bond acceptors (Lipinski definition) is 2. The third-order valence-corrected chi connectivity index (χ3v) is 4.34. The average molecular weight is 366 g/mol. The van der Waals surface area contributed by atoms with Crippen LogP contribution >= 0.6 is 0 Å². The Bertz CT molecular complexity index is 843. The highest BCUT2D eigenvalue weighted by atomic mass is 19.1. The molecule has 0 saturated heterocycles. The summed E-state index contributed by atoms with van der Waals surface area (Å²) in [5, 5.41) is 2.96. The lowest BCUT2D eigenvalue weighted by atomic mass is 10.0. The number of amides is 1. The Kier molecular flexibility index (Phi) is 6.26. The summed E-state index contributed by atoms with van der Waals surface area (Å²) >= 11 is 0. The van der Waals surface area contributed by atoms with Crippen LogP contribution in [0.15, 0.2) is 73.1 Å². The van der Waals surface area contributed by atoms with Crippen molar-refractivity contribution < 1.29 is 13.9 Å². The minimum Gasteiger partial charge on any atom is -0.494 e. The first-order valence-corrected chi connectivity index (χ1v) is 9.02. The molecular formula is C22H23FN2O2. The number of hydrogen-bond donors (Lipinski definition) is 1. The van der Waals surface area contributed by atoms with E-state index in [1.165, 1.54) is 12.1 Å². The zero-order valence-corrected chi connectivity index (χ0v) is 15.3. The first-order valence-electron chi connectivity index (χ1n) is 9.02. The van der Waals surface area contributed by atoms with Gasteiger partial charge in [0.15, 0.2) is 0 Å². The van der Waals surface area contributed by atoms with E-state index >= 15 is 0 Å². The van der Waals surface area contributed by atoms with Crippen LogP contribution in [0.3, 0.4) is 0 Å². The monoisotopic (exact) mass is 366 g/mol. The van der Waals surface area contributed by atoms with E-state index in [0.717, 1.165) is 16.9 Å². The zero-order valence-electron chi connectivity index (χ0n) is 15.3. The second-order valence-electron chi connectivity index (χ2n) is 6.26. The molecule has 1 heterocycles. The van der Waals surface area contributed by atoms with Crippen molar-refractivity contribution in [2.24, 2.45) is 0 Å². The summed E-state index contributed by atoms with van der Waals surface area (Å²) in [6.45, 7) is 3.02. The van der Waals surface area contributed by atoms with Crippen molar-refractivity contribution >= 4 is 5.91 Å². The number of benzene rings is 2. The summed E-state index contributed by atoms with van der Waals surface area (Å²) in [4.78, 5) is 12.5. The number of ether oxygens (including phenoxy) is 1. The number of aromatic nitrogens is 1. The number of nitrogens with one attached hydrogen (secondary N) is 1. The molecule has 0 aliphatic rings. The van der Waals surface area contributed by atoms with E-state index in [9.17, 15) is 9.18 Å². The zero-order chi connectivity index (χ0) is 19.1. The molecule has 3 rings (SSSR count). The lowest BCUT2D eigenvalue weighted by molar-refractivity contribution is -0.121. The molecule has 2 aromatic carbocycles. The van der Waals surface area contributed by atoms with Gasteiger partial charge in [0.2, 0.25) is 5.91 Å². The van der Waals surface area contributed by atoms with E-state index in [2.05, 4.69) is 5.32 Å². The predicted octanol–water partition coefficient (Wildman–Crippen LogP) is 4.32. The molecule has 5 heteroatoms. The van der Waals surface area contributed by atoms with Gasteiger partial charge in [-0.05, 0) is 54.4 Å². The van der Waals surface area contributed by atoms with Gasteiger partial charge in [-0.1, -0.05) is 24.3 Å². The third kappa shape index (κ3) is 5.20. The van der Waals surface area contributed by atoms with Gasteiger partial charge in [0.05, 0.1) is 19.1 Å². The van der Waals surface area contributed by atoms with Gasteiger partial charge in [-0.2, -0.15) is 0 Å². The van der Waals surface area contributed by atoms with Crippen molar-refractivity contribution in [3.05, 3.63) is 90.0 Å². The smallest absolute Gasteiger partial charge is 0.222 e. The minimum absolute atomic E-state index is 0.0630. The van der Waals surface area contributed by atoms with E-state index in [1.807, 2.05) is 60.3 Å². The van der Waals surface area contributed by atoms with Crippen LogP contribution in [-0.4, -0.2) is 17.1 Å². The van der Waals surface area contributed by atoms with Crippen LogP contribution in [0.2, 0.25) is 0 Å². The molecule has 1 unspecified atom stereocenters. The number of carbonyl (C=O) groups excluding carboxylic acids is 1. The van der Waals surface area contributed by atoms with Crippen molar-refractivity contribution in [1.82, 2.24) is 9.88 Å². The predicted molar refractivity (Wildman–Crippen MR) is 103 cm³/mol. The molecule has 0 saturated carbocycles. The van der Waals surface area contributed by atoms with E-state index < -0.39 is 0 Å². The highest BCUT2D eigenvalue weighted by Crippen LogP contribution is 2.23. The SMILES string of the molecule is CCOc1ccc(CNC(=O)CC(c2ccc(F)cc2)n2cccc2)cc1. The van der Waals surface area contributed by atoms with E-state index in [-0.39, 0.29) is 24.2 Å². The Labute approximate surface area is 158 Å². The summed E-state index contributed by atoms with van der Waals surface area (Å²) in [6, 6.07) is 17.6. The van der Waals surface area contributed by atoms with E-state index in [1.54, 1.807) is 12.1 Å². The fourth-order valence-electron chi connectivity index (χ4n) is 2.95. The lowest BCUT2D eigenvalue weighted by Gasteiger charge is -2.19. The van der Waals surface area contributed by atoms with Gasteiger partial charge < -0.3 is 14.6 Å². The quantitative estimate of drug-likeness (QED) is 0.645. The normalized spacial score (nSPS) is 11.8. The molecule has 0 fully saturated rings. The van der Waals surface area contributed by atoms with Crippen LogP contribution in [0.5, 0.6) is 5.75 Å². The molecule has 4 nitrogen and oxygen atoms in total. The van der Waals surface area contributed by atoms with Crippen molar-refractivity contribution in [2.45, 2.75) is 25.9 Å². The van der Waals surface area contributed by atoms with Gasteiger partial charge in [0.25, 0.3) is 0 Å². The van der Waals surface area contributed by atoms with Gasteiger partial charge in [-0.3, -0.25) is 4.79 Å². The van der Waals surface area contributed by atoms with Crippen LogP contribution in [0, 0.1) is 5.82 Å². The Hall–Kier alpha value is -3.08. The Balaban J connectivity index is 1.63. The summed E-state index contributed by atoms with van der Waals surface area (Å²) in [7, 11) is 0. The highest BCUT2D eigenvalue weighted by Gasteiger charge is 2.17. The summed E-state index contributed by atoms with van der Waals surface area (Å²) in [6.07, 6.45) is 4.10. The molecule has 0 aliphatic carbocycles. The van der Waals surface area contributed by atoms with Gasteiger partial charge >= 0.3 is 0 Å². The number of rotatable bonds is 8. The Morgan fingerprint density at radius 3 is 2.37 bits per heavy atom. The maximum absolute atomic E-state index is 13.2. The molecule has 140 valence electrons. The molecule has 0 spiro atoms. The van der Waals surface area contributed by atoms with Crippen LogP contribution in [0.4, 0.5) is 4.39 Å². The van der Waals surface area contributed by atoms with E-state index in [0.29, 0.717) is 13.2 Å². The van der Waals surface area contributed by atoms with Crippen molar-refractivity contribution in [3.63, 3.8) is 0 Å². The fraction of sp³-hybridized carbons (Fsp3) is 0.227. The second-order valence-corrected chi connectivity index (χ2v) is 6.26. The molecule has 1 amide bonds. The van der Waals surface area contributed by atoms with Crippen LogP contribution in [0.25, 0.3) is 0 Å². The molecule has 1 N–H and O–H groups in total. The topological polar surface area (TPSA) is 43.3 Å². The summed E-state index contributed by atoms with van der Waals surface area (Å²) in [5.74, 6) is 0.466. The average Bonchev–Trinajstić information content (AvgIpc) is 3.21. The Morgan fingerprint density at radius 1 is 1.07 bits per heavy atom. The lowest BCUT2D eigenvalue weighted by Crippen LogP contribution is -2.26. The van der Waals surface area contributed by atoms with E-state index in [4.69, 9.17) is 4.74 Å². The number of halogens is 1. The second kappa shape index (κ2) is 9.03. The standard InChI is InChI=1S/C22H23FN2O2/c1-2-27-20-11-5-17(6-12-20)16-24-22(26)15-21(25-13-3-4-14-25)18-7-9-19(23)10-8-18/h3-14,21H,2,15-16H2,1H3,(H,24,26). The van der Waals surface area contributed by atoms with Gasteiger partial charge in [-0.15, -0.1) is 0 Å². The minimum atomic E-state index is -0.287. The van der Waals surface area contributed by atoms with Gasteiger partial charge in [0.1, 0.15) is 11.6 Å². The van der Waals surface area contributed by atoms with Gasteiger partial charge in [0, 0.05) is 18.9 Å². The number of carbonyl (C=O) groups is 1. The molecular weight excluding hydrogens is 343 g/mol. The molecule has 1 aromatic heterocycles. The first-order chi connectivity index (χ1) is 13.2. The molecule has 0 bridgehead atoms. The molecule has 0 aliphatic heterocycles. The molecule has 27 heavy (non-hydrogen) atoms. The maximum atomic E-state index is 13.2. The number of nitrogens with zero attached hydrogens (tertiary/aromatic N) is 1. The van der Waals surface area contributed by atoms with Crippen LogP contribution < -0.4 is 10.1 Å². The largest absolute Gasteiger partial charge is 0.494 e. The third-order valence-electron chi connectivity index (χ3n) is 4.34. The maximum Gasteiger partial charge on any atom is 0.222 e. The van der Waals surface area contributed by atoms with Crippen molar-refractivity contribution in [3.8, 4) is 5.75 Å². The van der Waals surface area contributed by atoms with Gasteiger partial charge in [-0.25, -0.2) is 4.39 Å². The van der Waals surface area contributed by atoms with Crippen molar-refractivity contribution in [2.75, 3.05) is 6.61 Å². The fourth-order valence-corrected chi connectivity index (χ4v) is 2.95. The summed E-state index contributed by atoms with van der Waals surface area (Å²) < 4.78 is 20.6. The Morgan fingerprint density at radius 2 is 1.74 bits per heavy atom. The van der Waals surface area contributed by atoms with Crippen LogP contribution in [-0.2, 0) is 11.3 Å². The first kappa shape index (κ1) is 18.7. The van der Waals surface area contributed by atoms with Crippen LogP contribution in [0.1, 0.15) is 30.5 Å². The molecule has 0 radical (unpaired) electrons. The van der Waals surface area contributed by atoms with Crippen molar-refractivity contribution in [1.29, 1.82) is 0 Å². The molecule has 1 atom stereocenters. The highest BCUT2D eigenvalue weighted by molar-refractivity contribution is 5.76. The summed E-state index contributed by atoms with van der Waals surface area (Å²) in [5.41, 5.74) is 1.90.